The molecule has 0 aliphatic rings. The Morgan fingerprint density at radius 1 is 0.444 bits per heavy atom. The maximum atomic E-state index is 13.4. The first-order chi connectivity index (χ1) is 15.0. The maximum Gasteiger partial charge on any atom is 0.464 e. The minimum atomic E-state index is -9.09. The average molecular weight is 726 g/mol. The summed E-state index contributed by atoms with van der Waals surface area (Å²) in [5.41, 5.74) is 0. The first kappa shape index (κ1) is 35.2. The van der Waals surface area contributed by atoms with Crippen molar-refractivity contribution in [3.05, 3.63) is 0 Å². The van der Waals surface area contributed by atoms with Crippen LogP contribution in [0.25, 0.3) is 0 Å². The third-order valence-electron chi connectivity index (χ3n) is 3.59. The smallest absolute Gasteiger partial charge is 0.244 e. The van der Waals surface area contributed by atoms with Crippen molar-refractivity contribution in [3.63, 3.8) is 0 Å². The van der Waals surface area contributed by atoms with Crippen molar-refractivity contribution in [1.82, 2.24) is 0 Å². The molecule has 3 nitrogen and oxygen atoms in total. The predicted octanol–water partition coefficient (Wildman–Crippen LogP) is 6.92. The maximum absolute atomic E-state index is 13.4. The van der Waals surface area contributed by atoms with E-state index in [-0.39, 0.29) is 0 Å². The molecule has 0 radical (unpaired) electrons. The minimum Gasteiger partial charge on any atom is -0.244 e. The van der Waals surface area contributed by atoms with Gasteiger partial charge >= 0.3 is 67.2 Å². The monoisotopic (exact) mass is 726 g/mol. The van der Waals surface area contributed by atoms with Gasteiger partial charge in [-0.05, 0) is 0 Å². The summed E-state index contributed by atoms with van der Waals surface area (Å²) < 4.78 is 287. The second-order valence-corrected chi connectivity index (χ2v) is 8.78. The van der Waals surface area contributed by atoms with Gasteiger partial charge in [-0.3, -0.25) is 0 Å². The Morgan fingerprint density at radius 3 is 0.944 bits per heavy atom. The highest BCUT2D eigenvalue weighted by molar-refractivity contribution is 14.1. The standard InChI is InChI=1S/C10F21IO3S/c11-1(12,3(15,16)5(19,20)7(23,24)32)2(13,14)4(17,18)6(21,22)8(25,26)35-9(27,28)10(29,30)36(31,33)34. The molecule has 0 rings (SSSR count). The van der Waals surface area contributed by atoms with Gasteiger partial charge in [0.1, 0.15) is 0 Å². The van der Waals surface area contributed by atoms with Crippen LogP contribution in [0, 0.1) is 0 Å². The van der Waals surface area contributed by atoms with Gasteiger partial charge in [-0.2, -0.15) is 96.2 Å². The van der Waals surface area contributed by atoms with E-state index in [9.17, 15) is 100 Å². The Hall–Kier alpha value is -0.830. The Kier molecular flexibility index (Phi) is 8.39. The Bertz CT molecular complexity index is 934. The molecule has 0 spiro atoms. The molecule has 0 saturated carbocycles. The van der Waals surface area contributed by atoms with Crippen molar-refractivity contribution in [2.24, 2.45) is 0 Å². The van der Waals surface area contributed by atoms with Crippen LogP contribution < -0.4 is 0 Å². The largest absolute Gasteiger partial charge is 0.464 e. The van der Waals surface area contributed by atoms with Gasteiger partial charge in [-0.25, -0.2) is 4.74 Å². The van der Waals surface area contributed by atoms with E-state index in [0.29, 0.717) is 0 Å². The number of alkyl halides is 21. The van der Waals surface area contributed by atoms with Gasteiger partial charge in [0.15, 0.2) is 0 Å². The second-order valence-electron chi connectivity index (χ2n) is 6.03. The average Bonchev–Trinajstić information content (AvgIpc) is 2.57. The SMILES string of the molecule is O=S(=O)(F)C(F)(F)C(F)(F)OC(F)(F)C(F)(F)C(F)(F)C(F)(F)C(F)(F)C(F)(F)C(F)(F)C(F)(F)I. The summed E-state index contributed by atoms with van der Waals surface area (Å²) in [6, 6.07) is 0. The molecule has 0 bridgehead atoms. The molecule has 0 aromatic heterocycles. The van der Waals surface area contributed by atoms with Crippen LogP contribution in [0.1, 0.15) is 0 Å². The molecule has 0 aliphatic heterocycles. The van der Waals surface area contributed by atoms with Crippen LogP contribution in [0.2, 0.25) is 0 Å². The lowest BCUT2D eigenvalue weighted by molar-refractivity contribution is -0.503. The van der Waals surface area contributed by atoms with Crippen molar-refractivity contribution in [3.8, 4) is 0 Å². The molecule has 0 atom stereocenters. The molecule has 36 heavy (non-hydrogen) atoms. The summed E-state index contributed by atoms with van der Waals surface area (Å²) in [6.07, 6.45) is -16.4. The molecular formula is C10F21IO3S. The van der Waals surface area contributed by atoms with E-state index in [1.54, 1.807) is 0 Å². The fourth-order valence-electron chi connectivity index (χ4n) is 1.58. The zero-order valence-corrected chi connectivity index (χ0v) is 17.9. The van der Waals surface area contributed by atoms with Gasteiger partial charge in [-0.15, -0.1) is 0 Å². The summed E-state index contributed by atoms with van der Waals surface area (Å²) >= 11 is -1.16. The molecule has 0 unspecified atom stereocenters. The lowest BCUT2D eigenvalue weighted by Gasteiger charge is -2.43. The van der Waals surface area contributed by atoms with Crippen LogP contribution in [-0.4, -0.2) is 65.4 Å². The second kappa shape index (κ2) is 8.59. The van der Waals surface area contributed by atoms with Gasteiger partial charge in [0.05, 0.1) is 0 Å². The summed E-state index contributed by atoms with van der Waals surface area (Å²) in [5.74, 6) is -52.4. The topological polar surface area (TPSA) is 43.4 Å². The molecule has 0 N–H and O–H groups in total. The first-order valence-electron chi connectivity index (χ1n) is 7.07. The highest BCUT2D eigenvalue weighted by Crippen LogP contribution is 2.65. The van der Waals surface area contributed by atoms with Crippen LogP contribution in [0.3, 0.4) is 0 Å². The van der Waals surface area contributed by atoms with E-state index < -0.39 is 89.8 Å². The number of rotatable bonds is 11. The van der Waals surface area contributed by atoms with Crippen molar-refractivity contribution in [1.29, 1.82) is 0 Å². The van der Waals surface area contributed by atoms with Crippen LogP contribution in [0.4, 0.5) is 91.7 Å². The third kappa shape index (κ3) is 4.62. The van der Waals surface area contributed by atoms with E-state index in [0.717, 1.165) is 4.74 Å². The molecule has 218 valence electrons. The molecule has 0 aliphatic carbocycles. The lowest BCUT2D eigenvalue weighted by atomic mass is 9.91. The zero-order valence-electron chi connectivity index (χ0n) is 14.9. The van der Waals surface area contributed by atoms with E-state index in [1.807, 2.05) is 0 Å². The summed E-state index contributed by atoms with van der Waals surface area (Å²) in [5, 5.41) is -7.73. The molecule has 0 fully saturated rings. The van der Waals surface area contributed by atoms with Crippen molar-refractivity contribution >= 4 is 32.8 Å². The van der Waals surface area contributed by atoms with Gasteiger partial charge < -0.3 is 0 Å². The Morgan fingerprint density at radius 2 is 0.694 bits per heavy atom. The van der Waals surface area contributed by atoms with Crippen molar-refractivity contribution in [2.45, 2.75) is 56.9 Å². The number of hydrogen-bond donors (Lipinski definition) is 0. The van der Waals surface area contributed by atoms with E-state index >= 15 is 0 Å². The van der Waals surface area contributed by atoms with Gasteiger partial charge in [-0.1, -0.05) is 3.89 Å². The molecule has 0 saturated heterocycles. The van der Waals surface area contributed by atoms with E-state index in [1.165, 1.54) is 0 Å². The fourth-order valence-corrected chi connectivity index (χ4v) is 2.24. The van der Waals surface area contributed by atoms with Gasteiger partial charge in [0.2, 0.25) is 0 Å². The van der Waals surface area contributed by atoms with E-state index in [4.69, 9.17) is 0 Å². The minimum absolute atomic E-state index is 0.982. The van der Waals surface area contributed by atoms with Crippen LogP contribution in [0.15, 0.2) is 0 Å². The van der Waals surface area contributed by atoms with E-state index in [2.05, 4.69) is 0 Å². The Balaban J connectivity index is 6.91. The molecule has 0 amide bonds. The Labute approximate surface area is 195 Å². The molecular weight excluding hydrogens is 726 g/mol. The summed E-state index contributed by atoms with van der Waals surface area (Å²) in [7, 11) is -8.21. The van der Waals surface area contributed by atoms with Gasteiger partial charge in [0, 0.05) is 22.6 Å². The predicted molar refractivity (Wildman–Crippen MR) is 74.6 cm³/mol. The quantitative estimate of drug-likeness (QED) is 0.101. The number of halogens is 22. The highest BCUT2D eigenvalue weighted by Gasteiger charge is 2.95. The van der Waals surface area contributed by atoms with Crippen LogP contribution >= 0.6 is 22.6 Å². The normalized spacial score (nSPS) is 16.9. The fraction of sp³-hybridized carbons (Fsp3) is 1.00. The van der Waals surface area contributed by atoms with Crippen LogP contribution in [-0.2, 0) is 15.0 Å². The van der Waals surface area contributed by atoms with Crippen molar-refractivity contribution in [2.75, 3.05) is 0 Å². The molecule has 0 aromatic rings. The summed E-state index contributed by atoms with van der Waals surface area (Å²) in [6.45, 7) is 0. The third-order valence-corrected chi connectivity index (χ3v) is 5.12. The van der Waals surface area contributed by atoms with Gasteiger partial charge in [0.25, 0.3) is 0 Å². The highest BCUT2D eigenvalue weighted by atomic mass is 127. The zero-order chi connectivity index (χ0) is 30.2. The summed E-state index contributed by atoms with van der Waals surface area (Å²) in [4.78, 5) is 0. The molecule has 26 heteroatoms. The molecule has 0 aromatic carbocycles. The van der Waals surface area contributed by atoms with Crippen LogP contribution in [0.5, 0.6) is 0 Å². The van der Waals surface area contributed by atoms with Crippen molar-refractivity contribution < 1.29 is 105 Å². The number of ether oxygens (including phenoxy) is 1. The molecule has 0 heterocycles. The number of hydrogen-bond acceptors (Lipinski definition) is 3. The lowest BCUT2D eigenvalue weighted by Crippen LogP contribution is -2.74. The first-order valence-corrected chi connectivity index (χ1v) is 9.53.